The average molecular weight is 285 g/mol. The smallest absolute Gasteiger partial charge is 0.338 e. The van der Waals surface area contributed by atoms with Crippen LogP contribution in [-0.4, -0.2) is 18.3 Å². The number of benzene rings is 2. The first-order valence-electron chi connectivity index (χ1n) is 6.48. The number of nitrogens with two attached hydrogens (primary N) is 1. The summed E-state index contributed by atoms with van der Waals surface area (Å²) >= 11 is 1.81. The van der Waals surface area contributed by atoms with Gasteiger partial charge in [0.05, 0.1) is 12.2 Å². The molecule has 0 bridgehead atoms. The minimum absolute atomic E-state index is 0.279. The molecule has 0 radical (unpaired) electrons. The van der Waals surface area contributed by atoms with E-state index >= 15 is 0 Å². The van der Waals surface area contributed by atoms with Gasteiger partial charge in [-0.3, -0.25) is 0 Å². The van der Waals surface area contributed by atoms with Crippen molar-refractivity contribution >= 4 is 23.4 Å². The number of hydrogen-bond donors (Lipinski definition) is 1. The van der Waals surface area contributed by atoms with Crippen LogP contribution in [-0.2, 0) is 4.74 Å². The highest BCUT2D eigenvalue weighted by atomic mass is 32.2. The number of anilines is 1. The molecule has 0 saturated carbocycles. The maximum Gasteiger partial charge on any atom is 0.338 e. The second kappa shape index (κ2) is 5.59. The number of carbonyl (C=O) groups excluding carboxylic acids is 1. The number of carbonyl (C=O) groups is 1. The van der Waals surface area contributed by atoms with Crippen LogP contribution in [0, 0.1) is 0 Å². The highest BCUT2D eigenvalue weighted by Crippen LogP contribution is 2.39. The van der Waals surface area contributed by atoms with Crippen molar-refractivity contribution in [1.82, 2.24) is 0 Å². The molecule has 0 fully saturated rings. The quantitative estimate of drug-likeness (QED) is 0.694. The molecule has 2 N–H and O–H groups in total. The molecule has 1 unspecified atom stereocenters. The Hall–Kier alpha value is -1.94. The van der Waals surface area contributed by atoms with Crippen LogP contribution in [0.4, 0.5) is 5.69 Å². The number of hydrogen-bond acceptors (Lipinski definition) is 4. The van der Waals surface area contributed by atoms with Crippen LogP contribution < -0.4 is 5.73 Å². The molecule has 0 aliphatic carbocycles. The third kappa shape index (κ3) is 2.65. The van der Waals surface area contributed by atoms with Gasteiger partial charge >= 0.3 is 5.97 Å². The Morgan fingerprint density at radius 1 is 1.25 bits per heavy atom. The predicted molar refractivity (Wildman–Crippen MR) is 81.0 cm³/mol. The molecule has 20 heavy (non-hydrogen) atoms. The summed E-state index contributed by atoms with van der Waals surface area (Å²) < 4.78 is 5.42. The van der Waals surface area contributed by atoms with E-state index in [9.17, 15) is 4.79 Å². The largest absolute Gasteiger partial charge is 0.461 e. The lowest BCUT2D eigenvalue weighted by molar-refractivity contribution is 0.0487. The van der Waals surface area contributed by atoms with Gasteiger partial charge < -0.3 is 10.5 Å². The molecule has 1 heterocycles. The third-order valence-electron chi connectivity index (χ3n) is 3.34. The van der Waals surface area contributed by atoms with Crippen molar-refractivity contribution in [1.29, 1.82) is 0 Å². The Morgan fingerprint density at radius 3 is 2.95 bits per heavy atom. The van der Waals surface area contributed by atoms with Crippen molar-refractivity contribution in [3.8, 4) is 0 Å². The fourth-order valence-corrected chi connectivity index (χ4v) is 3.53. The molecule has 2 aromatic rings. The van der Waals surface area contributed by atoms with Crippen LogP contribution >= 0.6 is 11.8 Å². The molecule has 2 aromatic carbocycles. The summed E-state index contributed by atoms with van der Waals surface area (Å²) in [6.07, 6.45) is 0. The Labute approximate surface area is 122 Å². The van der Waals surface area contributed by atoms with Gasteiger partial charge in [0.15, 0.2) is 0 Å². The van der Waals surface area contributed by atoms with Crippen LogP contribution in [0.1, 0.15) is 21.8 Å². The second-order valence-electron chi connectivity index (χ2n) is 4.77. The Morgan fingerprint density at radius 2 is 2.10 bits per heavy atom. The molecule has 102 valence electrons. The van der Waals surface area contributed by atoms with Gasteiger partial charge in [-0.25, -0.2) is 4.79 Å². The maximum atomic E-state index is 12.0. The number of thioether (sulfide) groups is 1. The molecule has 1 aliphatic rings. The monoisotopic (exact) mass is 285 g/mol. The van der Waals surface area contributed by atoms with Crippen LogP contribution in [0.3, 0.4) is 0 Å². The number of esters is 1. The van der Waals surface area contributed by atoms with E-state index in [0.29, 0.717) is 17.9 Å². The number of rotatable bonds is 3. The minimum Gasteiger partial charge on any atom is -0.461 e. The molecule has 3 nitrogen and oxygen atoms in total. The predicted octanol–water partition coefficient (Wildman–Crippen LogP) is 3.32. The van der Waals surface area contributed by atoms with Gasteiger partial charge in [-0.15, -0.1) is 11.8 Å². The molecule has 0 amide bonds. The van der Waals surface area contributed by atoms with Gasteiger partial charge in [0.25, 0.3) is 0 Å². The Kier molecular flexibility index (Phi) is 3.65. The van der Waals surface area contributed by atoms with E-state index in [-0.39, 0.29) is 11.9 Å². The zero-order valence-corrected chi connectivity index (χ0v) is 11.7. The maximum absolute atomic E-state index is 12.0. The van der Waals surface area contributed by atoms with E-state index in [1.165, 1.54) is 10.5 Å². The standard InChI is InChI=1S/C16H15NO2S/c17-13-5-3-4-11(8-13)16(18)19-9-12-10-20-15-7-2-1-6-14(12)15/h1-8,12H,9-10,17H2. The van der Waals surface area contributed by atoms with E-state index < -0.39 is 0 Å². The summed E-state index contributed by atoms with van der Waals surface area (Å²) in [4.78, 5) is 13.3. The Balaban J connectivity index is 1.65. The van der Waals surface area contributed by atoms with Gasteiger partial charge in [0.2, 0.25) is 0 Å². The van der Waals surface area contributed by atoms with E-state index in [4.69, 9.17) is 10.5 Å². The fourth-order valence-electron chi connectivity index (χ4n) is 2.29. The van der Waals surface area contributed by atoms with Gasteiger partial charge in [0, 0.05) is 22.3 Å². The molecular weight excluding hydrogens is 270 g/mol. The Bertz CT molecular complexity index is 642. The summed E-state index contributed by atoms with van der Waals surface area (Å²) in [6.45, 7) is 0.414. The van der Waals surface area contributed by atoms with E-state index in [2.05, 4.69) is 12.1 Å². The fraction of sp³-hybridized carbons (Fsp3) is 0.188. The topological polar surface area (TPSA) is 52.3 Å². The number of nitrogen functional groups attached to an aromatic ring is 1. The van der Waals surface area contributed by atoms with Crippen molar-refractivity contribution in [3.05, 3.63) is 59.7 Å². The summed E-state index contributed by atoms with van der Waals surface area (Å²) in [5.41, 5.74) is 8.02. The lowest BCUT2D eigenvalue weighted by atomic mass is 10.0. The number of ether oxygens (including phenoxy) is 1. The average Bonchev–Trinajstić information content (AvgIpc) is 2.88. The normalized spacial score (nSPS) is 16.7. The van der Waals surface area contributed by atoms with E-state index in [0.717, 1.165) is 5.75 Å². The molecule has 0 spiro atoms. The lowest BCUT2D eigenvalue weighted by Gasteiger charge is -2.11. The highest BCUT2D eigenvalue weighted by molar-refractivity contribution is 7.99. The van der Waals surface area contributed by atoms with E-state index in [1.807, 2.05) is 23.9 Å². The highest BCUT2D eigenvalue weighted by Gasteiger charge is 2.24. The van der Waals surface area contributed by atoms with Gasteiger partial charge in [-0.1, -0.05) is 24.3 Å². The molecule has 3 rings (SSSR count). The van der Waals surface area contributed by atoms with Crippen molar-refractivity contribution in [2.45, 2.75) is 10.8 Å². The van der Waals surface area contributed by atoms with Crippen LogP contribution in [0.2, 0.25) is 0 Å². The van der Waals surface area contributed by atoms with E-state index in [1.54, 1.807) is 24.3 Å². The SMILES string of the molecule is Nc1cccc(C(=O)OCC2CSc3ccccc32)c1. The van der Waals surface area contributed by atoms with Crippen molar-refractivity contribution in [2.75, 3.05) is 18.1 Å². The van der Waals surface area contributed by atoms with Gasteiger partial charge in [0.1, 0.15) is 0 Å². The van der Waals surface area contributed by atoms with Gasteiger partial charge in [-0.05, 0) is 29.8 Å². The van der Waals surface area contributed by atoms with Crippen molar-refractivity contribution in [3.63, 3.8) is 0 Å². The summed E-state index contributed by atoms with van der Waals surface area (Å²) in [7, 11) is 0. The molecule has 1 aliphatic heterocycles. The second-order valence-corrected chi connectivity index (χ2v) is 5.83. The lowest BCUT2D eigenvalue weighted by Crippen LogP contribution is -2.13. The van der Waals surface area contributed by atoms with Crippen LogP contribution in [0.5, 0.6) is 0 Å². The summed E-state index contributed by atoms with van der Waals surface area (Å²) in [5, 5.41) is 0. The zero-order valence-electron chi connectivity index (χ0n) is 10.9. The zero-order chi connectivity index (χ0) is 13.9. The van der Waals surface area contributed by atoms with Crippen LogP contribution in [0.25, 0.3) is 0 Å². The number of fused-ring (bicyclic) bond motifs is 1. The third-order valence-corrected chi connectivity index (χ3v) is 4.59. The van der Waals surface area contributed by atoms with Crippen LogP contribution in [0.15, 0.2) is 53.4 Å². The first-order chi connectivity index (χ1) is 9.74. The minimum atomic E-state index is -0.313. The van der Waals surface area contributed by atoms with Crippen molar-refractivity contribution < 1.29 is 9.53 Å². The molecule has 1 atom stereocenters. The first kappa shape index (κ1) is 13.1. The van der Waals surface area contributed by atoms with Crippen molar-refractivity contribution in [2.24, 2.45) is 0 Å². The first-order valence-corrected chi connectivity index (χ1v) is 7.47. The molecule has 0 aromatic heterocycles. The summed E-state index contributed by atoms with van der Waals surface area (Å²) in [6, 6.07) is 15.1. The molecular formula is C16H15NO2S. The van der Waals surface area contributed by atoms with Gasteiger partial charge in [-0.2, -0.15) is 0 Å². The summed E-state index contributed by atoms with van der Waals surface area (Å²) in [5.74, 6) is 0.927. The molecule has 4 heteroatoms. The molecule has 0 saturated heterocycles.